The minimum atomic E-state index is -0.631. The fourth-order valence-corrected chi connectivity index (χ4v) is 4.56. The van der Waals surface area contributed by atoms with Crippen molar-refractivity contribution in [3.63, 3.8) is 0 Å². The Labute approximate surface area is 202 Å². The molecule has 1 aliphatic rings. The number of aryl methyl sites for hydroxylation is 1. The summed E-state index contributed by atoms with van der Waals surface area (Å²) < 4.78 is 11.8. The summed E-state index contributed by atoms with van der Waals surface area (Å²) in [5.74, 6) is 0.471. The minimum absolute atomic E-state index is 0.0644. The third-order valence-corrected chi connectivity index (χ3v) is 6.31. The molecule has 0 aliphatic carbocycles. The number of unbranched alkanes of at least 4 members (excludes halogenated alkanes) is 1. The van der Waals surface area contributed by atoms with Crippen LogP contribution in [0.4, 0.5) is 5.69 Å². The Bertz CT molecular complexity index is 1440. The van der Waals surface area contributed by atoms with E-state index < -0.39 is 6.04 Å². The molecule has 0 saturated carbocycles. The lowest BCUT2D eigenvalue weighted by Gasteiger charge is -2.25. The summed E-state index contributed by atoms with van der Waals surface area (Å²) in [5.41, 5.74) is 2.91. The van der Waals surface area contributed by atoms with Crippen molar-refractivity contribution in [3.05, 3.63) is 104 Å². The number of amides is 1. The van der Waals surface area contributed by atoms with Gasteiger partial charge in [0.25, 0.3) is 5.91 Å². The van der Waals surface area contributed by atoms with Crippen LogP contribution in [0.1, 0.15) is 53.1 Å². The maximum atomic E-state index is 13.7. The molecule has 0 radical (unpaired) electrons. The zero-order valence-electron chi connectivity index (χ0n) is 19.0. The first-order valence-corrected chi connectivity index (χ1v) is 11.7. The molecular weight excluding hydrogens is 450 g/mol. The molecule has 0 fully saturated rings. The molecule has 6 heteroatoms. The second-order valence-electron chi connectivity index (χ2n) is 8.50. The first kappa shape index (κ1) is 22.2. The van der Waals surface area contributed by atoms with Crippen molar-refractivity contribution < 1.29 is 13.9 Å². The molecule has 172 valence electrons. The maximum absolute atomic E-state index is 13.7. The number of halogens is 1. The second-order valence-corrected chi connectivity index (χ2v) is 8.94. The fourth-order valence-electron chi connectivity index (χ4n) is 4.39. The number of carbonyl (C=O) groups is 1. The molecule has 0 N–H and O–H groups in total. The minimum Gasteiger partial charge on any atom is -0.494 e. The summed E-state index contributed by atoms with van der Waals surface area (Å²) in [7, 11) is 0. The molecule has 1 amide bonds. The van der Waals surface area contributed by atoms with E-state index in [2.05, 4.69) is 6.92 Å². The number of ether oxygens (including phenoxy) is 1. The lowest BCUT2D eigenvalue weighted by molar-refractivity contribution is 0.0971. The molecule has 34 heavy (non-hydrogen) atoms. The van der Waals surface area contributed by atoms with Gasteiger partial charge < -0.3 is 9.15 Å². The van der Waals surface area contributed by atoms with E-state index in [1.807, 2.05) is 55.5 Å². The van der Waals surface area contributed by atoms with Crippen molar-refractivity contribution in [3.8, 4) is 5.75 Å². The number of fused-ring (bicyclic) bond motifs is 2. The van der Waals surface area contributed by atoms with Crippen molar-refractivity contribution in [1.82, 2.24) is 0 Å². The van der Waals surface area contributed by atoms with Crippen LogP contribution in [0.25, 0.3) is 11.0 Å². The molecule has 5 rings (SSSR count). The van der Waals surface area contributed by atoms with E-state index >= 15 is 0 Å². The van der Waals surface area contributed by atoms with E-state index in [1.54, 1.807) is 23.1 Å². The van der Waals surface area contributed by atoms with Crippen LogP contribution >= 0.6 is 11.6 Å². The lowest BCUT2D eigenvalue weighted by atomic mass is 9.98. The predicted molar refractivity (Wildman–Crippen MR) is 134 cm³/mol. The number of carbonyl (C=O) groups excluding carboxylic acids is 1. The molecule has 1 atom stereocenters. The number of benzene rings is 3. The van der Waals surface area contributed by atoms with Gasteiger partial charge in [0.05, 0.1) is 23.6 Å². The largest absolute Gasteiger partial charge is 0.494 e. The summed E-state index contributed by atoms with van der Waals surface area (Å²) >= 11 is 6.16. The fraction of sp³-hybridized carbons (Fsp3) is 0.214. The van der Waals surface area contributed by atoms with Crippen LogP contribution in [-0.2, 0) is 0 Å². The summed E-state index contributed by atoms with van der Waals surface area (Å²) in [5, 5.41) is 0.791. The Morgan fingerprint density at radius 1 is 1.03 bits per heavy atom. The van der Waals surface area contributed by atoms with Gasteiger partial charge in [-0.05, 0) is 66.9 Å². The van der Waals surface area contributed by atoms with E-state index in [1.165, 1.54) is 0 Å². The number of hydrogen-bond acceptors (Lipinski definition) is 4. The molecule has 0 bridgehead atoms. The Morgan fingerprint density at radius 2 is 1.82 bits per heavy atom. The van der Waals surface area contributed by atoms with E-state index in [4.69, 9.17) is 20.8 Å². The molecule has 4 aromatic rings. The van der Waals surface area contributed by atoms with Crippen LogP contribution in [0.15, 0.2) is 75.9 Å². The van der Waals surface area contributed by atoms with Gasteiger partial charge in [0.2, 0.25) is 5.76 Å². The highest BCUT2D eigenvalue weighted by atomic mass is 35.5. The second kappa shape index (κ2) is 8.99. The third-order valence-electron chi connectivity index (χ3n) is 6.07. The van der Waals surface area contributed by atoms with Gasteiger partial charge in [-0.2, -0.15) is 0 Å². The lowest BCUT2D eigenvalue weighted by Crippen LogP contribution is -2.29. The van der Waals surface area contributed by atoms with E-state index in [-0.39, 0.29) is 17.1 Å². The highest BCUT2D eigenvalue weighted by Crippen LogP contribution is 2.41. The number of hydrogen-bond donors (Lipinski definition) is 0. The molecule has 0 spiro atoms. The Morgan fingerprint density at radius 3 is 2.56 bits per heavy atom. The van der Waals surface area contributed by atoms with Crippen molar-refractivity contribution in [2.75, 3.05) is 11.5 Å². The molecule has 1 unspecified atom stereocenters. The van der Waals surface area contributed by atoms with Crippen molar-refractivity contribution in [2.24, 2.45) is 0 Å². The predicted octanol–water partition coefficient (Wildman–Crippen LogP) is 6.68. The average molecular weight is 474 g/mol. The van der Waals surface area contributed by atoms with Crippen LogP contribution < -0.4 is 15.1 Å². The van der Waals surface area contributed by atoms with Gasteiger partial charge in [0, 0.05) is 10.7 Å². The van der Waals surface area contributed by atoms with Crippen LogP contribution in [-0.4, -0.2) is 12.5 Å². The third kappa shape index (κ3) is 3.86. The molecule has 5 nitrogen and oxygen atoms in total. The zero-order chi connectivity index (χ0) is 23.8. The molecule has 3 aromatic carbocycles. The van der Waals surface area contributed by atoms with Crippen molar-refractivity contribution in [1.29, 1.82) is 0 Å². The van der Waals surface area contributed by atoms with Gasteiger partial charge in [0.1, 0.15) is 11.3 Å². The summed E-state index contributed by atoms with van der Waals surface area (Å²) in [6, 6.07) is 19.4. The van der Waals surface area contributed by atoms with E-state index in [0.717, 1.165) is 29.7 Å². The van der Waals surface area contributed by atoms with Gasteiger partial charge in [-0.25, -0.2) is 0 Å². The highest BCUT2D eigenvalue weighted by molar-refractivity contribution is 6.31. The molecule has 1 aromatic heterocycles. The van der Waals surface area contributed by atoms with Gasteiger partial charge in [-0.3, -0.25) is 14.5 Å². The van der Waals surface area contributed by atoms with Crippen LogP contribution in [0.5, 0.6) is 5.75 Å². The SMILES string of the molecule is CCCCOc1ccc(C2c3c(oc4ccc(Cl)cc4c3=O)C(=O)N2c2cccc(C)c2)cc1. The normalized spacial score (nSPS) is 15.1. The van der Waals surface area contributed by atoms with Gasteiger partial charge in [0.15, 0.2) is 5.43 Å². The Kier molecular flexibility index (Phi) is 5.88. The van der Waals surface area contributed by atoms with Crippen LogP contribution in [0, 0.1) is 6.92 Å². The number of anilines is 1. The number of rotatable bonds is 6. The van der Waals surface area contributed by atoms with Crippen LogP contribution in [0.3, 0.4) is 0 Å². The average Bonchev–Trinajstić information content (AvgIpc) is 3.13. The first-order chi connectivity index (χ1) is 16.5. The van der Waals surface area contributed by atoms with Gasteiger partial charge in [-0.1, -0.05) is 49.2 Å². The standard InChI is InChI=1S/C28H24ClNO4/c1-3-4-14-33-21-11-8-18(9-12-21)25-24-26(31)22-16-19(29)10-13-23(22)34-27(24)28(32)30(25)20-7-5-6-17(2)15-20/h5-13,15-16,25H,3-4,14H2,1-2H3. The molecular formula is C28H24ClNO4. The topological polar surface area (TPSA) is 59.8 Å². The monoisotopic (exact) mass is 473 g/mol. The van der Waals surface area contributed by atoms with Crippen molar-refractivity contribution >= 4 is 34.2 Å². The highest BCUT2D eigenvalue weighted by Gasteiger charge is 2.43. The van der Waals surface area contributed by atoms with Crippen molar-refractivity contribution in [2.45, 2.75) is 32.7 Å². The smallest absolute Gasteiger partial charge is 0.295 e. The Hall–Kier alpha value is -3.57. The molecule has 0 saturated heterocycles. The Balaban J connectivity index is 1.68. The zero-order valence-corrected chi connectivity index (χ0v) is 19.8. The van der Waals surface area contributed by atoms with Gasteiger partial charge >= 0.3 is 0 Å². The molecule has 2 heterocycles. The summed E-state index contributed by atoms with van der Waals surface area (Å²) in [4.78, 5) is 28.9. The van der Waals surface area contributed by atoms with Crippen LogP contribution in [0.2, 0.25) is 5.02 Å². The summed E-state index contributed by atoms with van der Waals surface area (Å²) in [6.45, 7) is 4.73. The first-order valence-electron chi connectivity index (χ1n) is 11.4. The van der Waals surface area contributed by atoms with Gasteiger partial charge in [-0.15, -0.1) is 0 Å². The summed E-state index contributed by atoms with van der Waals surface area (Å²) in [6.07, 6.45) is 2.03. The molecule has 1 aliphatic heterocycles. The van der Waals surface area contributed by atoms with E-state index in [9.17, 15) is 9.59 Å². The van der Waals surface area contributed by atoms with E-state index in [0.29, 0.717) is 33.8 Å². The maximum Gasteiger partial charge on any atom is 0.295 e. The quantitative estimate of drug-likeness (QED) is 0.293. The number of nitrogens with zero attached hydrogens (tertiary/aromatic N) is 1.